The van der Waals surface area contributed by atoms with Gasteiger partial charge in [-0.05, 0) is 31.1 Å². The van der Waals surface area contributed by atoms with Crippen molar-refractivity contribution < 1.29 is 0 Å². The molecule has 0 saturated heterocycles. The van der Waals surface area contributed by atoms with Crippen molar-refractivity contribution in [2.75, 3.05) is 19.6 Å². The molecule has 0 aliphatic heterocycles. The predicted molar refractivity (Wildman–Crippen MR) is 129 cm³/mol. The van der Waals surface area contributed by atoms with Crippen LogP contribution in [0.15, 0.2) is 0 Å². The van der Waals surface area contributed by atoms with Crippen LogP contribution in [0.5, 0.6) is 0 Å². The largest absolute Gasteiger partial charge is 0.281 e. The van der Waals surface area contributed by atoms with Gasteiger partial charge in [0.1, 0.15) is 0 Å². The topological polar surface area (TPSA) is 3.24 Å². The smallest absolute Gasteiger partial charge is 0.0607 e. The molecule has 0 aliphatic carbocycles. The Balaban J connectivity index is 3.38. The summed E-state index contributed by atoms with van der Waals surface area (Å²) in [6, 6.07) is 0. The second-order valence-electron chi connectivity index (χ2n) is 7.82. The Morgan fingerprint density at radius 2 is 0.966 bits per heavy atom. The highest BCUT2D eigenvalue weighted by atomic mass is 15.1. The summed E-state index contributed by atoms with van der Waals surface area (Å²) >= 11 is 0. The van der Waals surface area contributed by atoms with Crippen molar-refractivity contribution >= 4 is 0 Å². The molecule has 1 heteroatoms. The minimum atomic E-state index is 0.661. The minimum Gasteiger partial charge on any atom is -0.281 e. The Morgan fingerprint density at radius 1 is 0.552 bits per heavy atom. The first-order valence-electron chi connectivity index (χ1n) is 11.9. The average Bonchev–Trinajstić information content (AvgIpc) is 2.72. The van der Waals surface area contributed by atoms with E-state index in [9.17, 15) is 0 Å². The molecule has 1 nitrogen and oxygen atoms in total. The van der Waals surface area contributed by atoms with E-state index in [0.717, 1.165) is 19.4 Å². The fourth-order valence-corrected chi connectivity index (χ4v) is 3.29. The van der Waals surface area contributed by atoms with Gasteiger partial charge in [-0.3, -0.25) is 4.90 Å². The van der Waals surface area contributed by atoms with Gasteiger partial charge >= 0.3 is 0 Å². The number of hydrogen-bond donors (Lipinski definition) is 0. The van der Waals surface area contributed by atoms with Crippen LogP contribution >= 0.6 is 0 Å². The second kappa shape index (κ2) is 24.2. The molecule has 0 bridgehead atoms. The first kappa shape index (κ1) is 27.2. The average molecular weight is 394 g/mol. The molecule has 0 spiro atoms. The summed E-state index contributed by atoms with van der Waals surface area (Å²) in [6.07, 6.45) is 31.0. The molecule has 0 aromatic carbocycles. The van der Waals surface area contributed by atoms with Crippen LogP contribution < -0.4 is 0 Å². The van der Waals surface area contributed by atoms with E-state index in [-0.39, 0.29) is 0 Å². The summed E-state index contributed by atoms with van der Waals surface area (Å²) < 4.78 is 0. The third kappa shape index (κ3) is 22.4. The molecule has 0 amide bonds. The molecular formula is C28H43N. The van der Waals surface area contributed by atoms with E-state index in [1.807, 2.05) is 0 Å². The monoisotopic (exact) mass is 393 g/mol. The lowest BCUT2D eigenvalue weighted by Gasteiger charge is -2.16. The third-order valence-electron chi connectivity index (χ3n) is 5.05. The van der Waals surface area contributed by atoms with Crippen LogP contribution in [0.4, 0.5) is 0 Å². The maximum Gasteiger partial charge on any atom is 0.0607 e. The zero-order chi connectivity index (χ0) is 21.3. The molecule has 160 valence electrons. The van der Waals surface area contributed by atoms with Gasteiger partial charge in [0.2, 0.25) is 0 Å². The lowest BCUT2D eigenvalue weighted by molar-refractivity contribution is 0.333. The number of nitrogens with zero attached hydrogens (tertiary/aromatic N) is 1. The molecule has 29 heavy (non-hydrogen) atoms. The zero-order valence-corrected chi connectivity index (χ0v) is 19.0. The Morgan fingerprint density at radius 3 is 1.41 bits per heavy atom. The van der Waals surface area contributed by atoms with Crippen molar-refractivity contribution in [1.82, 2.24) is 4.90 Å². The summed E-state index contributed by atoms with van der Waals surface area (Å²) in [5, 5.41) is 0. The molecule has 0 radical (unpaired) electrons. The predicted octanol–water partition coefficient (Wildman–Crippen LogP) is 6.82. The maximum atomic E-state index is 5.36. The van der Waals surface area contributed by atoms with Crippen molar-refractivity contribution in [3.8, 4) is 48.4 Å². The molecule has 0 saturated carbocycles. The van der Waals surface area contributed by atoms with Crippen molar-refractivity contribution in [2.45, 2.75) is 110 Å². The molecule has 0 aromatic heterocycles. The van der Waals surface area contributed by atoms with Gasteiger partial charge in [-0.25, -0.2) is 0 Å². The molecule has 0 rings (SSSR count). The van der Waals surface area contributed by atoms with E-state index < -0.39 is 0 Å². The Labute approximate surface area is 182 Å². The molecule has 0 aromatic rings. The number of terminal acetylenes is 2. The van der Waals surface area contributed by atoms with Gasteiger partial charge in [-0.1, -0.05) is 101 Å². The van der Waals surface area contributed by atoms with Gasteiger partial charge < -0.3 is 0 Å². The van der Waals surface area contributed by atoms with Gasteiger partial charge in [0.25, 0.3) is 0 Å². The quantitative estimate of drug-likeness (QED) is 0.182. The van der Waals surface area contributed by atoms with Crippen molar-refractivity contribution in [3.05, 3.63) is 0 Å². The molecule has 0 heterocycles. The molecule has 0 unspecified atom stereocenters. The normalized spacial score (nSPS) is 9.79. The van der Waals surface area contributed by atoms with Crippen LogP contribution in [-0.4, -0.2) is 24.5 Å². The van der Waals surface area contributed by atoms with Gasteiger partial charge in [0.15, 0.2) is 0 Å². The Bertz CT molecular complexity index is 536. The molecule has 0 N–H and O–H groups in total. The van der Waals surface area contributed by atoms with Crippen LogP contribution in [-0.2, 0) is 0 Å². The lowest BCUT2D eigenvalue weighted by Crippen LogP contribution is -2.25. The van der Waals surface area contributed by atoms with E-state index in [2.05, 4.69) is 47.3 Å². The first-order valence-corrected chi connectivity index (χ1v) is 11.9. The number of hydrogen-bond acceptors (Lipinski definition) is 1. The molecule has 0 fully saturated rings. The van der Waals surface area contributed by atoms with Crippen LogP contribution in [0.1, 0.15) is 110 Å². The van der Waals surface area contributed by atoms with Crippen LogP contribution in [0, 0.1) is 48.4 Å². The Kier molecular flexibility index (Phi) is 22.7. The maximum absolute atomic E-state index is 5.36. The van der Waals surface area contributed by atoms with Crippen LogP contribution in [0.2, 0.25) is 0 Å². The fourth-order valence-electron chi connectivity index (χ4n) is 3.29. The summed E-state index contributed by atoms with van der Waals surface area (Å²) in [4.78, 5) is 2.16. The van der Waals surface area contributed by atoms with E-state index in [0.29, 0.717) is 13.1 Å². The highest BCUT2D eigenvalue weighted by Crippen LogP contribution is 2.09. The summed E-state index contributed by atoms with van der Waals surface area (Å²) in [7, 11) is 0. The number of rotatable bonds is 18. The van der Waals surface area contributed by atoms with Gasteiger partial charge in [0, 0.05) is 19.4 Å². The standard InChI is InChI=1S/C28H43N/c1-4-7-8-9-10-11-12-13-14-15-16-17-18-19-20-21-22-23-24-25-28-29(26-5-2)27-6-3/h2-3H,4,7-13,18-28H2,1H3. The first-order chi connectivity index (χ1) is 14.3. The zero-order valence-electron chi connectivity index (χ0n) is 19.0. The lowest BCUT2D eigenvalue weighted by atomic mass is 10.1. The van der Waals surface area contributed by atoms with Crippen molar-refractivity contribution in [1.29, 1.82) is 0 Å². The van der Waals surface area contributed by atoms with E-state index in [4.69, 9.17) is 12.8 Å². The minimum absolute atomic E-state index is 0.661. The van der Waals surface area contributed by atoms with Crippen molar-refractivity contribution in [2.24, 2.45) is 0 Å². The van der Waals surface area contributed by atoms with Gasteiger partial charge in [-0.2, -0.15) is 0 Å². The molecule has 0 aliphatic rings. The van der Waals surface area contributed by atoms with E-state index in [1.54, 1.807) is 0 Å². The summed E-state index contributed by atoms with van der Waals surface area (Å²) in [5.74, 6) is 17.8. The van der Waals surface area contributed by atoms with Gasteiger partial charge in [0.05, 0.1) is 13.1 Å². The third-order valence-corrected chi connectivity index (χ3v) is 5.05. The summed E-state index contributed by atoms with van der Waals surface area (Å²) in [5.41, 5.74) is 0. The second-order valence-corrected chi connectivity index (χ2v) is 7.82. The van der Waals surface area contributed by atoms with Crippen molar-refractivity contribution in [3.63, 3.8) is 0 Å². The Hall–Kier alpha value is -1.80. The van der Waals surface area contributed by atoms with Crippen LogP contribution in [0.25, 0.3) is 0 Å². The SMILES string of the molecule is C#CCN(CC#C)CCCCCCCCCC#CC#CCCCCCCCCC. The van der Waals surface area contributed by atoms with E-state index >= 15 is 0 Å². The highest BCUT2D eigenvalue weighted by Gasteiger charge is 2.00. The highest BCUT2D eigenvalue weighted by molar-refractivity contribution is 5.25. The van der Waals surface area contributed by atoms with Crippen LogP contribution in [0.3, 0.4) is 0 Å². The molecule has 0 atom stereocenters. The molecular weight excluding hydrogens is 350 g/mol. The number of unbranched alkanes of at least 4 members (excludes halogenated alkanes) is 14. The van der Waals surface area contributed by atoms with E-state index in [1.165, 1.54) is 89.9 Å². The summed E-state index contributed by atoms with van der Waals surface area (Å²) in [6.45, 7) is 4.60. The van der Waals surface area contributed by atoms with Gasteiger partial charge in [-0.15, -0.1) is 12.8 Å². The fraction of sp³-hybridized carbons (Fsp3) is 0.714.